The molecule has 0 aliphatic carbocycles. The zero-order valence-electron chi connectivity index (χ0n) is 14.3. The Labute approximate surface area is 150 Å². The number of rotatable bonds is 4. The second kappa shape index (κ2) is 7.23. The van der Waals surface area contributed by atoms with Crippen LogP contribution < -0.4 is 10.5 Å². The molecule has 0 unspecified atom stereocenters. The van der Waals surface area contributed by atoms with E-state index < -0.39 is 0 Å². The topological polar surface area (TPSA) is 85.5 Å². The summed E-state index contributed by atoms with van der Waals surface area (Å²) in [5.74, 6) is 0.00690. The molecule has 1 aliphatic heterocycles. The number of amides is 2. The number of methoxy groups -OCH3 is 1. The van der Waals surface area contributed by atoms with E-state index in [2.05, 4.69) is 4.98 Å². The lowest BCUT2D eigenvalue weighted by Gasteiger charge is -2.36. The molecule has 1 aromatic carbocycles. The normalized spacial score (nSPS) is 20.3. The van der Waals surface area contributed by atoms with E-state index in [1.54, 1.807) is 17.4 Å². The standard InChI is InChI=1S/C18H21N3O3S/c1-11-3-4-13(16(19)22)9-21(11)18(23)15-10-25-17(20-15)12-5-7-14(24-2)8-6-12/h5-8,10-11,13H,3-4,9H2,1-2H3,(H2,19,22)/t11-,13-/m0/s1. The number of nitrogens with zero attached hydrogens (tertiary/aromatic N) is 2. The zero-order chi connectivity index (χ0) is 18.0. The number of aromatic nitrogens is 1. The number of carbonyl (C=O) groups excluding carboxylic acids is 2. The summed E-state index contributed by atoms with van der Waals surface area (Å²) in [7, 11) is 1.62. The number of piperidine rings is 1. The van der Waals surface area contributed by atoms with Crippen molar-refractivity contribution in [1.29, 1.82) is 0 Å². The summed E-state index contributed by atoms with van der Waals surface area (Å²) >= 11 is 1.43. The van der Waals surface area contributed by atoms with Gasteiger partial charge in [-0.2, -0.15) is 0 Å². The molecule has 0 saturated carbocycles. The average molecular weight is 359 g/mol. The minimum Gasteiger partial charge on any atom is -0.497 e. The molecule has 2 N–H and O–H groups in total. The Morgan fingerprint density at radius 2 is 2.00 bits per heavy atom. The molecule has 1 aromatic heterocycles. The Morgan fingerprint density at radius 3 is 2.64 bits per heavy atom. The van der Waals surface area contributed by atoms with E-state index >= 15 is 0 Å². The smallest absolute Gasteiger partial charge is 0.273 e. The van der Waals surface area contributed by atoms with Crippen molar-refractivity contribution in [1.82, 2.24) is 9.88 Å². The molecule has 25 heavy (non-hydrogen) atoms. The fraction of sp³-hybridized carbons (Fsp3) is 0.389. The fourth-order valence-corrected chi connectivity index (χ4v) is 3.81. The van der Waals surface area contributed by atoms with Gasteiger partial charge in [0.25, 0.3) is 5.91 Å². The summed E-state index contributed by atoms with van der Waals surface area (Å²) in [4.78, 5) is 30.5. The molecule has 1 aliphatic rings. The van der Waals surface area contributed by atoms with Gasteiger partial charge >= 0.3 is 0 Å². The monoisotopic (exact) mass is 359 g/mol. The quantitative estimate of drug-likeness (QED) is 0.909. The second-order valence-electron chi connectivity index (χ2n) is 6.25. The van der Waals surface area contributed by atoms with Gasteiger partial charge in [-0.15, -0.1) is 11.3 Å². The minimum atomic E-state index is -0.345. The highest BCUT2D eigenvalue weighted by Gasteiger charge is 2.33. The third-order valence-electron chi connectivity index (χ3n) is 4.61. The number of hydrogen-bond donors (Lipinski definition) is 1. The molecule has 2 amide bonds. The first-order chi connectivity index (χ1) is 12.0. The van der Waals surface area contributed by atoms with E-state index in [1.165, 1.54) is 11.3 Å². The van der Waals surface area contributed by atoms with E-state index in [4.69, 9.17) is 10.5 Å². The largest absolute Gasteiger partial charge is 0.497 e. The van der Waals surface area contributed by atoms with Gasteiger partial charge in [0.05, 0.1) is 13.0 Å². The van der Waals surface area contributed by atoms with Crippen molar-refractivity contribution < 1.29 is 14.3 Å². The van der Waals surface area contributed by atoms with Crippen molar-refractivity contribution in [3.05, 3.63) is 35.3 Å². The van der Waals surface area contributed by atoms with Crippen molar-refractivity contribution in [3.8, 4) is 16.3 Å². The maximum Gasteiger partial charge on any atom is 0.273 e. The molecule has 132 valence electrons. The van der Waals surface area contributed by atoms with Gasteiger partial charge in [-0.25, -0.2) is 4.98 Å². The molecule has 0 radical (unpaired) electrons. The molecule has 0 spiro atoms. The predicted molar refractivity (Wildman–Crippen MR) is 96.5 cm³/mol. The maximum atomic E-state index is 12.8. The molecular formula is C18H21N3O3S. The summed E-state index contributed by atoms with van der Waals surface area (Å²) in [6.45, 7) is 2.36. The van der Waals surface area contributed by atoms with Gasteiger partial charge in [0.2, 0.25) is 5.91 Å². The van der Waals surface area contributed by atoms with E-state index in [0.717, 1.165) is 29.2 Å². The number of benzene rings is 1. The lowest BCUT2D eigenvalue weighted by Crippen LogP contribution is -2.48. The fourth-order valence-electron chi connectivity index (χ4n) is 3.01. The molecule has 7 heteroatoms. The molecule has 3 rings (SSSR count). The van der Waals surface area contributed by atoms with Crippen LogP contribution in [0.25, 0.3) is 10.6 Å². The molecule has 0 bridgehead atoms. The van der Waals surface area contributed by atoms with Gasteiger partial charge in [0.1, 0.15) is 16.5 Å². The Morgan fingerprint density at radius 1 is 1.28 bits per heavy atom. The number of nitrogens with two attached hydrogens (primary N) is 1. The first-order valence-corrected chi connectivity index (χ1v) is 9.07. The van der Waals surface area contributed by atoms with E-state index in [-0.39, 0.29) is 23.8 Å². The van der Waals surface area contributed by atoms with Gasteiger partial charge in [-0.05, 0) is 44.0 Å². The molecule has 1 saturated heterocycles. The van der Waals surface area contributed by atoms with Crippen LogP contribution in [0, 0.1) is 5.92 Å². The number of thiazole rings is 1. The summed E-state index contributed by atoms with van der Waals surface area (Å²) in [5, 5.41) is 2.55. The van der Waals surface area contributed by atoms with E-state index in [0.29, 0.717) is 12.2 Å². The second-order valence-corrected chi connectivity index (χ2v) is 7.11. The highest BCUT2D eigenvalue weighted by molar-refractivity contribution is 7.13. The lowest BCUT2D eigenvalue weighted by molar-refractivity contribution is -0.123. The van der Waals surface area contributed by atoms with Gasteiger partial charge in [0, 0.05) is 23.5 Å². The molecular weight excluding hydrogens is 338 g/mol. The predicted octanol–water partition coefficient (Wildman–Crippen LogP) is 2.54. The van der Waals surface area contributed by atoms with Gasteiger partial charge in [-0.1, -0.05) is 0 Å². The Hall–Kier alpha value is -2.41. The number of primary amides is 1. The molecule has 6 nitrogen and oxygen atoms in total. The Kier molecular flexibility index (Phi) is 5.03. The van der Waals surface area contributed by atoms with Crippen molar-refractivity contribution in [2.45, 2.75) is 25.8 Å². The van der Waals surface area contributed by atoms with Crippen molar-refractivity contribution in [2.24, 2.45) is 11.7 Å². The van der Waals surface area contributed by atoms with Gasteiger partial charge in [-0.3, -0.25) is 9.59 Å². The van der Waals surface area contributed by atoms with Crippen LogP contribution in [0.15, 0.2) is 29.6 Å². The maximum absolute atomic E-state index is 12.8. The molecule has 2 atom stereocenters. The zero-order valence-corrected chi connectivity index (χ0v) is 15.1. The van der Waals surface area contributed by atoms with Gasteiger partial charge < -0.3 is 15.4 Å². The third-order valence-corrected chi connectivity index (χ3v) is 5.50. The van der Waals surface area contributed by atoms with Crippen molar-refractivity contribution in [2.75, 3.05) is 13.7 Å². The van der Waals surface area contributed by atoms with Crippen LogP contribution in [0.3, 0.4) is 0 Å². The van der Waals surface area contributed by atoms with Crippen LogP contribution in [0.5, 0.6) is 5.75 Å². The van der Waals surface area contributed by atoms with E-state index in [9.17, 15) is 9.59 Å². The average Bonchev–Trinajstić information content (AvgIpc) is 3.11. The number of carbonyl (C=O) groups is 2. The van der Waals surface area contributed by atoms with Gasteiger partial charge in [0.15, 0.2) is 0 Å². The summed E-state index contributed by atoms with van der Waals surface area (Å²) in [5.41, 5.74) is 6.76. The SMILES string of the molecule is COc1ccc(-c2nc(C(=O)N3C[C@@H](C(N)=O)CC[C@@H]3C)cs2)cc1. The summed E-state index contributed by atoms with van der Waals surface area (Å²) in [6, 6.07) is 7.64. The van der Waals surface area contributed by atoms with Crippen LogP contribution in [-0.4, -0.2) is 41.4 Å². The Bertz CT molecular complexity index is 772. The van der Waals surface area contributed by atoms with Crippen LogP contribution in [0.1, 0.15) is 30.3 Å². The van der Waals surface area contributed by atoms with Crippen molar-refractivity contribution >= 4 is 23.2 Å². The van der Waals surface area contributed by atoms with E-state index in [1.807, 2.05) is 31.2 Å². The minimum absolute atomic E-state index is 0.0780. The highest BCUT2D eigenvalue weighted by Crippen LogP contribution is 2.28. The number of hydrogen-bond acceptors (Lipinski definition) is 5. The van der Waals surface area contributed by atoms with Crippen LogP contribution in [0.2, 0.25) is 0 Å². The van der Waals surface area contributed by atoms with Crippen LogP contribution in [0.4, 0.5) is 0 Å². The van der Waals surface area contributed by atoms with Crippen molar-refractivity contribution in [3.63, 3.8) is 0 Å². The lowest BCUT2D eigenvalue weighted by atomic mass is 9.93. The number of ether oxygens (including phenoxy) is 1. The highest BCUT2D eigenvalue weighted by atomic mass is 32.1. The van der Waals surface area contributed by atoms with Crippen LogP contribution in [-0.2, 0) is 4.79 Å². The summed E-state index contributed by atoms with van der Waals surface area (Å²) < 4.78 is 5.15. The Balaban J connectivity index is 1.78. The first kappa shape index (κ1) is 17.4. The molecule has 2 aromatic rings. The third kappa shape index (κ3) is 3.66. The van der Waals surface area contributed by atoms with Crippen LogP contribution >= 0.6 is 11.3 Å². The molecule has 2 heterocycles. The number of likely N-dealkylation sites (tertiary alicyclic amines) is 1. The molecule has 1 fully saturated rings. The summed E-state index contributed by atoms with van der Waals surface area (Å²) in [6.07, 6.45) is 1.50. The first-order valence-electron chi connectivity index (χ1n) is 8.20.